The van der Waals surface area contributed by atoms with Gasteiger partial charge in [0.15, 0.2) is 23.7 Å². The molecule has 46 heavy (non-hydrogen) atoms. The van der Waals surface area contributed by atoms with Crippen molar-refractivity contribution in [2.45, 2.75) is 70.7 Å². The van der Waals surface area contributed by atoms with E-state index in [0.29, 0.717) is 42.4 Å². The van der Waals surface area contributed by atoms with Crippen LogP contribution in [0.5, 0.6) is 5.75 Å². The molecule has 1 aliphatic carbocycles. The molecule has 0 N–H and O–H groups in total. The summed E-state index contributed by atoms with van der Waals surface area (Å²) in [4.78, 5) is 0. The van der Waals surface area contributed by atoms with E-state index in [-0.39, 0.29) is 42.7 Å². The Morgan fingerprint density at radius 2 is 1.50 bits per heavy atom. The Hall–Kier alpha value is -3.55. The maximum absolute atomic E-state index is 15.1. The third kappa shape index (κ3) is 8.23. The first kappa shape index (κ1) is 33.8. The molecule has 0 unspecified atom stereocenters. The van der Waals surface area contributed by atoms with Gasteiger partial charge in [0, 0.05) is 35.1 Å². The molecular formula is C36H35F7O3. The zero-order valence-electron chi connectivity index (χ0n) is 25.4. The van der Waals surface area contributed by atoms with Gasteiger partial charge >= 0.3 is 6.11 Å². The number of halogens is 7. The lowest BCUT2D eigenvalue weighted by atomic mass is 9.81. The molecule has 1 saturated carbocycles. The highest BCUT2D eigenvalue weighted by atomic mass is 19.3. The van der Waals surface area contributed by atoms with Gasteiger partial charge < -0.3 is 14.2 Å². The van der Waals surface area contributed by atoms with Crippen molar-refractivity contribution in [2.24, 2.45) is 17.8 Å². The predicted octanol–water partition coefficient (Wildman–Crippen LogP) is 10.1. The number of rotatable bonds is 9. The zero-order chi connectivity index (χ0) is 32.8. The fraction of sp³-hybridized carbons (Fsp3) is 0.444. The monoisotopic (exact) mass is 648 g/mol. The molecule has 2 fully saturated rings. The average Bonchev–Trinajstić information content (AvgIpc) is 3.03. The number of alkyl halides is 2. The van der Waals surface area contributed by atoms with E-state index in [4.69, 9.17) is 9.47 Å². The van der Waals surface area contributed by atoms with E-state index < -0.39 is 53.2 Å². The van der Waals surface area contributed by atoms with Crippen LogP contribution in [0.15, 0.2) is 48.5 Å². The first-order valence-corrected chi connectivity index (χ1v) is 15.6. The smallest absolute Gasteiger partial charge is 0.400 e. The van der Waals surface area contributed by atoms with E-state index in [2.05, 4.69) is 23.5 Å². The van der Waals surface area contributed by atoms with Gasteiger partial charge in [-0.15, -0.1) is 0 Å². The van der Waals surface area contributed by atoms with Crippen molar-refractivity contribution < 1.29 is 44.9 Å². The zero-order valence-corrected chi connectivity index (χ0v) is 25.4. The van der Waals surface area contributed by atoms with E-state index in [1.165, 1.54) is 24.6 Å². The summed E-state index contributed by atoms with van der Waals surface area (Å²) in [6, 6.07) is 9.56. The first-order chi connectivity index (χ1) is 22.0. The normalized spacial score (nSPS) is 21.8. The number of hydrogen-bond donors (Lipinski definition) is 0. The van der Waals surface area contributed by atoms with Crippen molar-refractivity contribution in [1.82, 2.24) is 0 Å². The minimum absolute atomic E-state index is 0.00563. The molecule has 0 spiro atoms. The molecule has 1 saturated heterocycles. The fourth-order valence-corrected chi connectivity index (χ4v) is 5.87. The quantitative estimate of drug-likeness (QED) is 0.100. The van der Waals surface area contributed by atoms with Crippen molar-refractivity contribution in [3.05, 3.63) is 88.7 Å². The highest BCUT2D eigenvalue weighted by Crippen LogP contribution is 2.40. The minimum atomic E-state index is -3.74. The van der Waals surface area contributed by atoms with Crippen LogP contribution in [0.4, 0.5) is 30.7 Å². The van der Waals surface area contributed by atoms with Gasteiger partial charge in [-0.05, 0) is 55.9 Å². The lowest BCUT2D eigenvalue weighted by Crippen LogP contribution is -2.37. The highest BCUT2D eigenvalue weighted by molar-refractivity contribution is 5.66. The summed E-state index contributed by atoms with van der Waals surface area (Å²) in [5.74, 6) is -2.52. The third-order valence-corrected chi connectivity index (χ3v) is 8.55. The maximum atomic E-state index is 15.1. The third-order valence-electron chi connectivity index (χ3n) is 8.55. The second-order valence-corrected chi connectivity index (χ2v) is 12.0. The Balaban J connectivity index is 1.16. The lowest BCUT2D eigenvalue weighted by Gasteiger charge is -2.31. The first-order valence-electron chi connectivity index (χ1n) is 15.6. The van der Waals surface area contributed by atoms with Gasteiger partial charge in [-0.3, -0.25) is 0 Å². The van der Waals surface area contributed by atoms with Gasteiger partial charge in [-0.25, -0.2) is 22.0 Å². The Labute approximate surface area is 264 Å². The second-order valence-electron chi connectivity index (χ2n) is 12.0. The molecule has 3 nitrogen and oxygen atoms in total. The minimum Gasteiger partial charge on any atom is -0.432 e. The molecule has 0 aromatic heterocycles. The van der Waals surface area contributed by atoms with Gasteiger partial charge in [0.05, 0.1) is 24.7 Å². The molecule has 246 valence electrons. The van der Waals surface area contributed by atoms with E-state index in [9.17, 15) is 26.3 Å². The molecule has 3 aromatic carbocycles. The topological polar surface area (TPSA) is 27.7 Å². The van der Waals surface area contributed by atoms with Crippen molar-refractivity contribution >= 4 is 0 Å². The van der Waals surface area contributed by atoms with E-state index in [1.54, 1.807) is 18.2 Å². The van der Waals surface area contributed by atoms with Crippen LogP contribution in [-0.4, -0.2) is 19.3 Å². The van der Waals surface area contributed by atoms with Crippen LogP contribution in [0.2, 0.25) is 0 Å². The van der Waals surface area contributed by atoms with Crippen LogP contribution in [-0.2, 0) is 9.47 Å². The van der Waals surface area contributed by atoms with Crippen molar-refractivity contribution in [2.75, 3.05) is 13.2 Å². The molecule has 0 atom stereocenters. The summed E-state index contributed by atoms with van der Waals surface area (Å²) in [6.07, 6.45) is 0.629. The molecule has 3 aromatic rings. The molecule has 1 heterocycles. The van der Waals surface area contributed by atoms with Gasteiger partial charge in [-0.1, -0.05) is 56.2 Å². The summed E-state index contributed by atoms with van der Waals surface area (Å²) in [6.45, 7) is 3.26. The molecular weight excluding hydrogens is 613 g/mol. The van der Waals surface area contributed by atoms with Crippen LogP contribution in [0.25, 0.3) is 11.1 Å². The Kier molecular flexibility index (Phi) is 11.0. The summed E-state index contributed by atoms with van der Waals surface area (Å²) in [7, 11) is 0. The summed E-state index contributed by atoms with van der Waals surface area (Å²) in [5.41, 5.74) is 1.18. The van der Waals surface area contributed by atoms with E-state index in [0.717, 1.165) is 19.3 Å². The number of hydrogen-bond acceptors (Lipinski definition) is 3. The molecule has 0 amide bonds. The molecule has 10 heteroatoms. The van der Waals surface area contributed by atoms with Crippen LogP contribution in [0.3, 0.4) is 0 Å². The van der Waals surface area contributed by atoms with Gasteiger partial charge in [-0.2, -0.15) is 8.78 Å². The van der Waals surface area contributed by atoms with Crippen molar-refractivity contribution in [1.29, 1.82) is 0 Å². The van der Waals surface area contributed by atoms with E-state index in [1.807, 2.05) is 0 Å². The summed E-state index contributed by atoms with van der Waals surface area (Å²) in [5, 5.41) is 0. The molecule has 0 radical (unpaired) electrons. The van der Waals surface area contributed by atoms with Crippen LogP contribution >= 0.6 is 0 Å². The van der Waals surface area contributed by atoms with Crippen molar-refractivity contribution in [3.8, 4) is 28.7 Å². The van der Waals surface area contributed by atoms with Crippen LogP contribution in [0, 0.1) is 58.7 Å². The summed E-state index contributed by atoms with van der Waals surface area (Å²) >= 11 is 0. The number of ether oxygens (including phenoxy) is 3. The number of benzene rings is 3. The van der Waals surface area contributed by atoms with Gasteiger partial charge in [0.1, 0.15) is 17.4 Å². The predicted molar refractivity (Wildman–Crippen MR) is 158 cm³/mol. The van der Waals surface area contributed by atoms with Gasteiger partial charge in [0.2, 0.25) is 0 Å². The van der Waals surface area contributed by atoms with Crippen LogP contribution in [0.1, 0.15) is 75.7 Å². The van der Waals surface area contributed by atoms with Gasteiger partial charge in [0.25, 0.3) is 0 Å². The molecule has 5 rings (SSSR count). The SMILES string of the molecule is CCCCCC1COC(c2ccc(-c3ccc(C#CC4CCC(C(F)(F)Oc5cc(F)c(F)c(F)c5)CC4)c(F)c3)c(F)c2)OC1. The number of unbranched alkanes of at least 4 members (excludes halogenated alkanes) is 2. The molecule has 0 bridgehead atoms. The average molecular weight is 649 g/mol. The highest BCUT2D eigenvalue weighted by Gasteiger charge is 2.44. The standard InChI is InChI=1S/C36H35F7O3/c1-2-3-4-5-23-20-44-35(45-21-23)26-12-15-29(31(38)17-26)25-11-10-24(30(37)16-25)9-6-22-7-13-27(14-8-22)36(42,43)46-28-18-32(39)34(41)33(40)19-28/h10-12,15-19,22-23,27,35H,2-5,7-8,13-14,20-21H2,1H3. The van der Waals surface area contributed by atoms with Crippen molar-refractivity contribution in [3.63, 3.8) is 0 Å². The lowest BCUT2D eigenvalue weighted by molar-refractivity contribution is -0.223. The largest absolute Gasteiger partial charge is 0.432 e. The second kappa shape index (κ2) is 14.9. The maximum Gasteiger partial charge on any atom is 0.400 e. The Morgan fingerprint density at radius 1 is 0.804 bits per heavy atom. The van der Waals surface area contributed by atoms with Crippen LogP contribution < -0.4 is 4.74 Å². The fourth-order valence-electron chi connectivity index (χ4n) is 5.87. The Bertz CT molecular complexity index is 1540. The molecule has 1 aliphatic heterocycles. The summed E-state index contributed by atoms with van der Waals surface area (Å²) < 4.78 is 116. The van der Waals surface area contributed by atoms with E-state index >= 15 is 4.39 Å². The molecule has 2 aliphatic rings. The Morgan fingerprint density at radius 3 is 2.13 bits per heavy atom.